The van der Waals surface area contributed by atoms with Crippen LogP contribution in [0.4, 0.5) is 5.69 Å². The summed E-state index contributed by atoms with van der Waals surface area (Å²) in [6.45, 7) is 0.603. The molecule has 1 aliphatic heterocycles. The molecule has 1 N–H and O–H groups in total. The molecule has 0 spiro atoms. The van der Waals surface area contributed by atoms with Crippen LogP contribution in [0.5, 0.6) is 5.75 Å². The van der Waals surface area contributed by atoms with Gasteiger partial charge in [0.2, 0.25) is 11.9 Å². The maximum absolute atomic E-state index is 12.8. The van der Waals surface area contributed by atoms with E-state index in [-0.39, 0.29) is 12.4 Å². The molecule has 0 saturated heterocycles. The Morgan fingerprint density at radius 2 is 1.78 bits per heavy atom. The van der Waals surface area contributed by atoms with E-state index in [9.17, 15) is 9.59 Å². The van der Waals surface area contributed by atoms with E-state index in [0.717, 1.165) is 0 Å². The van der Waals surface area contributed by atoms with Gasteiger partial charge in [-0.15, -0.1) is 0 Å². The topological polar surface area (TPSA) is 83.1 Å². The molecule has 0 bridgehead atoms. The molecule has 1 amide bonds. The molecule has 7 nitrogen and oxygen atoms in total. The number of rotatable bonds is 6. The summed E-state index contributed by atoms with van der Waals surface area (Å²) in [7, 11) is 1.56. The number of esters is 1. The van der Waals surface area contributed by atoms with Crippen LogP contribution < -0.4 is 10.1 Å². The molecule has 0 aromatic heterocycles. The van der Waals surface area contributed by atoms with E-state index >= 15 is 0 Å². The van der Waals surface area contributed by atoms with Gasteiger partial charge in [0.1, 0.15) is 25.2 Å². The Bertz CT molecular complexity index is 816. The predicted octanol–water partition coefficient (Wildman–Crippen LogP) is 2.81. The van der Waals surface area contributed by atoms with Gasteiger partial charge in [0.05, 0.1) is 7.11 Å². The molecule has 2 aromatic rings. The second-order valence-corrected chi connectivity index (χ2v) is 5.62. The fourth-order valence-corrected chi connectivity index (χ4v) is 2.42. The second kappa shape index (κ2) is 8.75. The van der Waals surface area contributed by atoms with Crippen LogP contribution in [0.1, 0.15) is 11.7 Å². The molecule has 0 unspecified atom stereocenters. The van der Waals surface area contributed by atoms with Crippen LogP contribution in [0.3, 0.4) is 0 Å². The highest BCUT2D eigenvalue weighted by Crippen LogP contribution is 2.23. The molecule has 1 aliphatic rings. The maximum Gasteiger partial charge on any atom is 0.378 e. The molecule has 3 rings (SSSR count). The van der Waals surface area contributed by atoms with E-state index in [0.29, 0.717) is 23.6 Å². The lowest BCUT2D eigenvalue weighted by atomic mass is 10.1. The zero-order valence-corrected chi connectivity index (χ0v) is 14.7. The normalized spacial score (nSPS) is 14.0. The summed E-state index contributed by atoms with van der Waals surface area (Å²) < 4.78 is 20.8. The van der Waals surface area contributed by atoms with E-state index in [2.05, 4.69) is 5.32 Å². The van der Waals surface area contributed by atoms with Crippen LogP contribution in [0, 0.1) is 0 Å². The minimum absolute atomic E-state index is 0.0700. The number of methoxy groups -OCH3 is 1. The first-order valence-corrected chi connectivity index (χ1v) is 8.33. The van der Waals surface area contributed by atoms with Crippen molar-refractivity contribution in [3.8, 4) is 5.75 Å². The molecule has 0 radical (unpaired) electrons. The Kier molecular flexibility index (Phi) is 5.94. The number of ether oxygens (including phenoxy) is 4. The molecule has 7 heteroatoms. The highest BCUT2D eigenvalue weighted by molar-refractivity contribution is 5.97. The number of nitrogens with one attached hydrogen (secondary N) is 1. The first-order valence-electron chi connectivity index (χ1n) is 8.33. The molecule has 0 fully saturated rings. The number of amides is 1. The molecule has 0 aliphatic carbocycles. The largest absolute Gasteiger partial charge is 0.497 e. The summed E-state index contributed by atoms with van der Waals surface area (Å²) in [5.74, 6) is -0.662. The Morgan fingerprint density at radius 1 is 1.04 bits per heavy atom. The van der Waals surface area contributed by atoms with Gasteiger partial charge in [-0.2, -0.15) is 0 Å². The maximum atomic E-state index is 12.8. The Morgan fingerprint density at radius 3 is 2.41 bits per heavy atom. The van der Waals surface area contributed by atoms with Crippen LogP contribution in [0.25, 0.3) is 0 Å². The number of anilines is 1. The Labute approximate surface area is 156 Å². The SMILES string of the molecule is COc1ccc(NC(=O)[C@@H](OC(=O)C2=COCCO2)c2ccccc2)cc1. The third-order valence-electron chi connectivity index (χ3n) is 3.77. The van der Waals surface area contributed by atoms with Gasteiger partial charge in [-0.1, -0.05) is 30.3 Å². The summed E-state index contributed by atoms with van der Waals surface area (Å²) in [4.78, 5) is 25.1. The number of hydrogen-bond acceptors (Lipinski definition) is 6. The summed E-state index contributed by atoms with van der Waals surface area (Å²) in [5, 5.41) is 2.74. The van der Waals surface area contributed by atoms with Crippen LogP contribution in [-0.2, 0) is 23.8 Å². The van der Waals surface area contributed by atoms with Crippen LogP contribution in [-0.4, -0.2) is 32.2 Å². The summed E-state index contributed by atoms with van der Waals surface area (Å²) >= 11 is 0. The molecule has 1 atom stereocenters. The minimum atomic E-state index is -1.15. The zero-order valence-electron chi connectivity index (χ0n) is 14.7. The fraction of sp³-hybridized carbons (Fsp3) is 0.200. The van der Waals surface area contributed by atoms with E-state index < -0.39 is 18.0 Å². The highest BCUT2D eigenvalue weighted by atomic mass is 16.6. The van der Waals surface area contributed by atoms with E-state index in [1.165, 1.54) is 6.26 Å². The Balaban J connectivity index is 1.77. The van der Waals surface area contributed by atoms with Crippen LogP contribution in [0.15, 0.2) is 66.6 Å². The van der Waals surface area contributed by atoms with Crippen molar-refractivity contribution in [2.24, 2.45) is 0 Å². The highest BCUT2D eigenvalue weighted by Gasteiger charge is 2.28. The molecule has 140 valence electrons. The average molecular weight is 369 g/mol. The molecular weight excluding hydrogens is 350 g/mol. The van der Waals surface area contributed by atoms with Gasteiger partial charge in [0, 0.05) is 11.3 Å². The van der Waals surface area contributed by atoms with Crippen molar-refractivity contribution in [1.82, 2.24) is 0 Å². The fourth-order valence-electron chi connectivity index (χ4n) is 2.42. The van der Waals surface area contributed by atoms with Gasteiger partial charge in [-0.3, -0.25) is 4.79 Å². The van der Waals surface area contributed by atoms with Crippen molar-refractivity contribution in [2.45, 2.75) is 6.10 Å². The monoisotopic (exact) mass is 369 g/mol. The first-order chi connectivity index (χ1) is 13.2. The van der Waals surface area contributed by atoms with Crippen molar-refractivity contribution in [1.29, 1.82) is 0 Å². The molecular formula is C20H19NO6. The van der Waals surface area contributed by atoms with Gasteiger partial charge in [0.25, 0.3) is 5.91 Å². The first kappa shape index (κ1) is 18.3. The second-order valence-electron chi connectivity index (χ2n) is 5.62. The van der Waals surface area contributed by atoms with E-state index in [1.807, 2.05) is 6.07 Å². The zero-order chi connectivity index (χ0) is 19.1. The molecule has 27 heavy (non-hydrogen) atoms. The van der Waals surface area contributed by atoms with Gasteiger partial charge >= 0.3 is 5.97 Å². The average Bonchev–Trinajstić information content (AvgIpc) is 2.73. The number of benzene rings is 2. The predicted molar refractivity (Wildman–Crippen MR) is 96.9 cm³/mol. The van der Waals surface area contributed by atoms with Crippen molar-refractivity contribution in [2.75, 3.05) is 25.6 Å². The lowest BCUT2D eigenvalue weighted by Gasteiger charge is -2.20. The number of carbonyl (C=O) groups excluding carboxylic acids is 2. The third kappa shape index (κ3) is 4.78. The third-order valence-corrected chi connectivity index (χ3v) is 3.77. The Hall–Kier alpha value is -3.48. The molecule has 2 aromatic carbocycles. The summed E-state index contributed by atoms with van der Waals surface area (Å²) in [5.41, 5.74) is 1.09. The van der Waals surface area contributed by atoms with Gasteiger partial charge in [-0.05, 0) is 24.3 Å². The van der Waals surface area contributed by atoms with Crippen molar-refractivity contribution in [3.63, 3.8) is 0 Å². The standard InChI is InChI=1S/C20H19NO6/c1-24-16-9-7-15(8-10-16)21-19(22)18(14-5-3-2-4-6-14)27-20(23)17-13-25-11-12-26-17/h2-10,13,18H,11-12H2,1H3,(H,21,22)/t18-/m0/s1. The van der Waals surface area contributed by atoms with Crippen LogP contribution >= 0.6 is 0 Å². The van der Waals surface area contributed by atoms with Gasteiger partial charge in [-0.25, -0.2) is 4.79 Å². The van der Waals surface area contributed by atoms with Gasteiger partial charge < -0.3 is 24.3 Å². The number of carbonyl (C=O) groups is 2. The van der Waals surface area contributed by atoms with E-state index in [4.69, 9.17) is 18.9 Å². The molecule has 1 heterocycles. The van der Waals surface area contributed by atoms with Crippen molar-refractivity contribution >= 4 is 17.6 Å². The van der Waals surface area contributed by atoms with E-state index in [1.54, 1.807) is 55.6 Å². The minimum Gasteiger partial charge on any atom is -0.497 e. The summed E-state index contributed by atoms with van der Waals surface area (Å²) in [6, 6.07) is 15.6. The van der Waals surface area contributed by atoms with Crippen LogP contribution in [0.2, 0.25) is 0 Å². The quantitative estimate of drug-likeness (QED) is 0.789. The smallest absolute Gasteiger partial charge is 0.378 e. The number of hydrogen-bond donors (Lipinski definition) is 1. The van der Waals surface area contributed by atoms with Crippen molar-refractivity contribution in [3.05, 3.63) is 72.2 Å². The lowest BCUT2D eigenvalue weighted by Crippen LogP contribution is -2.27. The molecule has 0 saturated carbocycles. The van der Waals surface area contributed by atoms with Gasteiger partial charge in [0.15, 0.2) is 0 Å². The van der Waals surface area contributed by atoms with Crippen molar-refractivity contribution < 1.29 is 28.5 Å². The summed E-state index contributed by atoms with van der Waals surface area (Å²) in [6.07, 6.45) is 0.0437. The lowest BCUT2D eigenvalue weighted by molar-refractivity contribution is -0.155.